The lowest BCUT2D eigenvalue weighted by atomic mass is 9.94. The van der Waals surface area contributed by atoms with E-state index in [1.54, 1.807) is 6.26 Å². The van der Waals surface area contributed by atoms with E-state index in [2.05, 4.69) is 49.1 Å². The molecule has 5 heteroatoms. The average Bonchev–Trinajstić information content (AvgIpc) is 3.46. The number of aryl methyl sites for hydroxylation is 2. The van der Waals surface area contributed by atoms with Gasteiger partial charge in [-0.3, -0.25) is 4.79 Å². The van der Waals surface area contributed by atoms with E-state index in [9.17, 15) is 4.79 Å². The molecule has 5 rings (SSSR count). The number of benzene rings is 2. The molecule has 1 aromatic heterocycles. The first kappa shape index (κ1) is 22.5. The summed E-state index contributed by atoms with van der Waals surface area (Å²) in [5, 5.41) is 0. The first-order chi connectivity index (χ1) is 16.6. The second kappa shape index (κ2) is 9.88. The van der Waals surface area contributed by atoms with Crippen molar-refractivity contribution in [2.24, 2.45) is 4.99 Å². The Morgan fingerprint density at radius 3 is 2.38 bits per heavy atom. The topological polar surface area (TPSA) is 49.1 Å². The van der Waals surface area contributed by atoms with Gasteiger partial charge in [-0.05, 0) is 67.6 Å². The summed E-state index contributed by atoms with van der Waals surface area (Å²) >= 11 is 0. The summed E-state index contributed by atoms with van der Waals surface area (Å²) in [6, 6.07) is 20.4. The van der Waals surface area contributed by atoms with Crippen LogP contribution in [-0.2, 0) is 17.8 Å². The van der Waals surface area contributed by atoms with E-state index in [1.165, 1.54) is 19.3 Å². The van der Waals surface area contributed by atoms with Crippen LogP contribution in [0.25, 0.3) is 0 Å². The summed E-state index contributed by atoms with van der Waals surface area (Å²) in [5.74, 6) is 1.70. The highest BCUT2D eigenvalue weighted by Crippen LogP contribution is 2.32. The molecule has 0 N–H and O–H groups in total. The molecule has 1 aliphatic carbocycles. The Balaban J connectivity index is 1.56. The molecule has 5 nitrogen and oxygen atoms in total. The first-order valence-corrected chi connectivity index (χ1v) is 12.4. The normalized spacial score (nSPS) is 18.9. The predicted molar refractivity (Wildman–Crippen MR) is 136 cm³/mol. The van der Waals surface area contributed by atoms with E-state index in [0.29, 0.717) is 19.0 Å². The van der Waals surface area contributed by atoms with Crippen molar-refractivity contribution in [3.8, 4) is 0 Å². The Hall–Kier alpha value is -3.34. The number of rotatable bonds is 6. The highest BCUT2D eigenvalue weighted by molar-refractivity contribution is 6.22. The summed E-state index contributed by atoms with van der Waals surface area (Å²) < 4.78 is 5.74. The average molecular weight is 456 g/mol. The summed E-state index contributed by atoms with van der Waals surface area (Å²) in [6.07, 6.45) is 8.22. The highest BCUT2D eigenvalue weighted by atomic mass is 16.3. The number of guanidine groups is 1. The van der Waals surface area contributed by atoms with Crippen LogP contribution in [0.4, 0.5) is 5.69 Å². The SMILES string of the molecule is Cc1cc(C)cc(N2C(=O)C(Cc3ccccc3)N=C2N(Cc2ccco2)C2CCCCC2)c1. The Labute approximate surface area is 202 Å². The van der Waals surface area contributed by atoms with Crippen LogP contribution in [0.1, 0.15) is 54.6 Å². The number of furan rings is 1. The standard InChI is InChI=1S/C29H33N3O2/c1-21-16-22(2)18-25(17-21)32-28(33)27(19-23-10-5-3-6-11-23)30-29(32)31(20-26-14-9-15-34-26)24-12-7-4-8-13-24/h3,5-6,9-11,14-18,24,27H,4,7-8,12-13,19-20H2,1-2H3. The Morgan fingerprint density at radius 1 is 0.971 bits per heavy atom. The zero-order valence-electron chi connectivity index (χ0n) is 20.1. The van der Waals surface area contributed by atoms with Crippen molar-refractivity contribution < 1.29 is 9.21 Å². The van der Waals surface area contributed by atoms with Gasteiger partial charge in [-0.2, -0.15) is 0 Å². The van der Waals surface area contributed by atoms with Crippen LogP contribution < -0.4 is 4.90 Å². The number of carbonyl (C=O) groups excluding carboxylic acids is 1. The van der Waals surface area contributed by atoms with E-state index in [0.717, 1.165) is 46.9 Å². The fraction of sp³-hybridized carbons (Fsp3) is 0.379. The van der Waals surface area contributed by atoms with Gasteiger partial charge in [-0.25, -0.2) is 9.89 Å². The molecule has 2 heterocycles. The molecule has 176 valence electrons. The maximum Gasteiger partial charge on any atom is 0.259 e. The molecule has 0 spiro atoms. The van der Waals surface area contributed by atoms with Crippen LogP contribution in [-0.4, -0.2) is 28.9 Å². The molecule has 0 bridgehead atoms. The Kier molecular flexibility index (Phi) is 6.52. The third-order valence-corrected chi connectivity index (χ3v) is 6.89. The molecule has 1 fully saturated rings. The van der Waals surface area contributed by atoms with Gasteiger partial charge in [-0.1, -0.05) is 55.7 Å². The van der Waals surface area contributed by atoms with Crippen LogP contribution in [0, 0.1) is 13.8 Å². The molecule has 2 aliphatic rings. The molecule has 1 atom stereocenters. The molecular formula is C29H33N3O2. The van der Waals surface area contributed by atoms with E-state index >= 15 is 0 Å². The maximum atomic E-state index is 13.9. The Bertz CT molecular complexity index is 1130. The number of carbonyl (C=O) groups is 1. The van der Waals surface area contributed by atoms with Gasteiger partial charge in [0, 0.05) is 12.5 Å². The lowest BCUT2D eigenvalue weighted by Gasteiger charge is -2.37. The highest BCUT2D eigenvalue weighted by Gasteiger charge is 2.40. The zero-order chi connectivity index (χ0) is 23.5. The smallest absolute Gasteiger partial charge is 0.259 e. The van der Waals surface area contributed by atoms with Crippen molar-refractivity contribution in [1.29, 1.82) is 0 Å². The zero-order valence-corrected chi connectivity index (χ0v) is 20.1. The lowest BCUT2D eigenvalue weighted by molar-refractivity contribution is -0.118. The van der Waals surface area contributed by atoms with Gasteiger partial charge in [0.2, 0.25) is 5.96 Å². The fourth-order valence-electron chi connectivity index (χ4n) is 5.32. The molecule has 3 aromatic rings. The summed E-state index contributed by atoms with van der Waals surface area (Å²) in [5.41, 5.74) is 4.31. The van der Waals surface area contributed by atoms with Gasteiger partial charge in [0.1, 0.15) is 11.8 Å². The molecule has 0 saturated heterocycles. The number of amides is 1. The second-order valence-electron chi connectivity index (χ2n) is 9.65. The largest absolute Gasteiger partial charge is 0.467 e. The van der Waals surface area contributed by atoms with E-state index in [1.807, 2.05) is 35.2 Å². The quantitative estimate of drug-likeness (QED) is 0.455. The van der Waals surface area contributed by atoms with Gasteiger partial charge in [0.15, 0.2) is 0 Å². The third kappa shape index (κ3) is 4.79. The number of anilines is 1. The van der Waals surface area contributed by atoms with Gasteiger partial charge in [-0.15, -0.1) is 0 Å². The van der Waals surface area contributed by atoms with E-state index in [4.69, 9.17) is 9.41 Å². The molecule has 0 radical (unpaired) electrons. The van der Waals surface area contributed by atoms with Crippen molar-refractivity contribution in [3.63, 3.8) is 0 Å². The molecule has 2 aromatic carbocycles. The van der Waals surface area contributed by atoms with Crippen LogP contribution in [0.15, 0.2) is 76.3 Å². The van der Waals surface area contributed by atoms with Crippen molar-refractivity contribution >= 4 is 17.6 Å². The molecule has 1 unspecified atom stereocenters. The van der Waals surface area contributed by atoms with Crippen LogP contribution in [0.2, 0.25) is 0 Å². The summed E-state index contributed by atoms with van der Waals surface area (Å²) in [4.78, 5) is 23.2. The number of hydrogen-bond donors (Lipinski definition) is 0. The van der Waals surface area contributed by atoms with Crippen molar-refractivity contribution in [3.05, 3.63) is 89.4 Å². The van der Waals surface area contributed by atoms with Crippen molar-refractivity contribution in [2.45, 2.75) is 71.0 Å². The van der Waals surface area contributed by atoms with Gasteiger partial charge < -0.3 is 9.32 Å². The van der Waals surface area contributed by atoms with Gasteiger partial charge in [0.05, 0.1) is 18.5 Å². The number of aliphatic imine (C=N–C) groups is 1. The first-order valence-electron chi connectivity index (χ1n) is 12.4. The predicted octanol–water partition coefficient (Wildman–Crippen LogP) is 6.05. The van der Waals surface area contributed by atoms with E-state index < -0.39 is 6.04 Å². The molecule has 1 aliphatic heterocycles. The minimum absolute atomic E-state index is 0.0455. The maximum absolute atomic E-state index is 13.9. The molecular weight excluding hydrogens is 422 g/mol. The minimum Gasteiger partial charge on any atom is -0.467 e. The molecule has 1 amide bonds. The van der Waals surface area contributed by atoms with Gasteiger partial charge >= 0.3 is 0 Å². The van der Waals surface area contributed by atoms with Crippen molar-refractivity contribution in [2.75, 3.05) is 4.90 Å². The Morgan fingerprint density at radius 2 is 1.71 bits per heavy atom. The third-order valence-electron chi connectivity index (χ3n) is 6.89. The van der Waals surface area contributed by atoms with Crippen LogP contribution in [0.5, 0.6) is 0 Å². The molecule has 1 saturated carbocycles. The minimum atomic E-state index is -0.430. The van der Waals surface area contributed by atoms with Crippen LogP contribution >= 0.6 is 0 Å². The fourth-order valence-corrected chi connectivity index (χ4v) is 5.32. The van der Waals surface area contributed by atoms with Crippen LogP contribution in [0.3, 0.4) is 0 Å². The van der Waals surface area contributed by atoms with Gasteiger partial charge in [0.25, 0.3) is 5.91 Å². The number of nitrogens with zero attached hydrogens (tertiary/aromatic N) is 3. The van der Waals surface area contributed by atoms with Crippen molar-refractivity contribution in [1.82, 2.24) is 4.90 Å². The summed E-state index contributed by atoms with van der Waals surface area (Å²) in [7, 11) is 0. The number of hydrogen-bond acceptors (Lipinski definition) is 4. The summed E-state index contributed by atoms with van der Waals surface area (Å²) in [6.45, 7) is 4.78. The lowest BCUT2D eigenvalue weighted by Crippen LogP contribution is -2.49. The second-order valence-corrected chi connectivity index (χ2v) is 9.65. The van der Waals surface area contributed by atoms with E-state index in [-0.39, 0.29) is 5.91 Å². The molecule has 34 heavy (non-hydrogen) atoms. The monoisotopic (exact) mass is 455 g/mol.